The van der Waals surface area contributed by atoms with Crippen LogP contribution in [0.1, 0.15) is 26.7 Å². The van der Waals surface area contributed by atoms with Gasteiger partial charge in [-0.3, -0.25) is 0 Å². The van der Waals surface area contributed by atoms with E-state index in [0.717, 1.165) is 26.1 Å². The number of rotatable bonds is 6. The molecule has 2 rings (SSSR count). The predicted octanol–water partition coefficient (Wildman–Crippen LogP) is 1.51. The minimum atomic E-state index is 0.00505. The van der Waals surface area contributed by atoms with Crippen molar-refractivity contribution in [2.45, 2.75) is 32.8 Å². The molecule has 7 nitrogen and oxygen atoms in total. The first-order valence-corrected chi connectivity index (χ1v) is 6.98. The second kappa shape index (κ2) is 7.23. The lowest BCUT2D eigenvalue weighted by Gasteiger charge is -2.21. The van der Waals surface area contributed by atoms with Crippen LogP contribution >= 0.6 is 0 Å². The highest BCUT2D eigenvalue weighted by Gasteiger charge is 2.16. The first kappa shape index (κ1) is 14.8. The zero-order chi connectivity index (χ0) is 14.4. The Hall–Kier alpha value is -1.63. The van der Waals surface area contributed by atoms with E-state index in [1.807, 2.05) is 13.8 Å². The second-order valence-corrected chi connectivity index (χ2v) is 5.01. The highest BCUT2D eigenvalue weighted by Crippen LogP contribution is 2.18. The normalized spacial score (nSPS) is 16.2. The summed E-state index contributed by atoms with van der Waals surface area (Å²) in [5, 5.41) is 2.88. The van der Waals surface area contributed by atoms with Gasteiger partial charge in [0.05, 0.1) is 12.7 Å². The fourth-order valence-corrected chi connectivity index (χ4v) is 1.88. The molecule has 1 saturated heterocycles. The van der Waals surface area contributed by atoms with Crippen molar-refractivity contribution < 1.29 is 14.2 Å². The van der Waals surface area contributed by atoms with E-state index < -0.39 is 0 Å². The molecule has 1 aliphatic heterocycles. The Bertz CT molecular complexity index is 422. The highest BCUT2D eigenvalue weighted by atomic mass is 16.5. The molecule has 0 atom stereocenters. The fourth-order valence-electron chi connectivity index (χ4n) is 1.88. The molecule has 20 heavy (non-hydrogen) atoms. The number of nitrogens with zero attached hydrogens (tertiary/aromatic N) is 3. The summed E-state index contributed by atoms with van der Waals surface area (Å²) in [5.74, 6) is 0.936. The maximum absolute atomic E-state index is 5.67. The van der Waals surface area contributed by atoms with Crippen molar-refractivity contribution in [3.63, 3.8) is 0 Å². The summed E-state index contributed by atoms with van der Waals surface area (Å²) in [4.78, 5) is 12.5. The van der Waals surface area contributed by atoms with Crippen LogP contribution in [0.25, 0.3) is 0 Å². The van der Waals surface area contributed by atoms with Gasteiger partial charge in [-0.25, -0.2) is 0 Å². The van der Waals surface area contributed by atoms with Crippen LogP contribution in [0.2, 0.25) is 0 Å². The summed E-state index contributed by atoms with van der Waals surface area (Å²) < 4.78 is 16.5. The maximum atomic E-state index is 5.67. The minimum absolute atomic E-state index is 0.00505. The van der Waals surface area contributed by atoms with Crippen LogP contribution in [0.15, 0.2) is 0 Å². The van der Waals surface area contributed by atoms with Crippen LogP contribution < -0.4 is 14.8 Å². The molecule has 1 fully saturated rings. The summed E-state index contributed by atoms with van der Waals surface area (Å²) in [7, 11) is 1.75. The van der Waals surface area contributed by atoms with Crippen LogP contribution in [-0.2, 0) is 4.74 Å². The van der Waals surface area contributed by atoms with Crippen molar-refractivity contribution >= 4 is 5.95 Å². The van der Waals surface area contributed by atoms with Gasteiger partial charge in [0.1, 0.15) is 0 Å². The average molecular weight is 282 g/mol. The SMILES string of the molecule is CNc1nc(OCC2CCOCC2)nc(OC(C)C)n1. The van der Waals surface area contributed by atoms with E-state index in [9.17, 15) is 0 Å². The minimum Gasteiger partial charge on any atom is -0.463 e. The van der Waals surface area contributed by atoms with E-state index in [1.165, 1.54) is 0 Å². The third-order valence-electron chi connectivity index (χ3n) is 2.95. The van der Waals surface area contributed by atoms with Gasteiger partial charge in [0, 0.05) is 20.3 Å². The van der Waals surface area contributed by atoms with Crippen molar-refractivity contribution in [3.8, 4) is 12.0 Å². The summed E-state index contributed by atoms with van der Waals surface area (Å²) in [6.07, 6.45) is 2.03. The van der Waals surface area contributed by atoms with E-state index >= 15 is 0 Å². The van der Waals surface area contributed by atoms with Gasteiger partial charge in [-0.15, -0.1) is 4.98 Å². The molecule has 0 amide bonds. The molecule has 7 heteroatoms. The zero-order valence-corrected chi connectivity index (χ0v) is 12.3. The van der Waals surface area contributed by atoms with Gasteiger partial charge in [-0.1, -0.05) is 0 Å². The first-order valence-electron chi connectivity index (χ1n) is 6.98. The highest BCUT2D eigenvalue weighted by molar-refractivity contribution is 5.26. The van der Waals surface area contributed by atoms with Crippen molar-refractivity contribution in [2.24, 2.45) is 5.92 Å². The number of aromatic nitrogens is 3. The van der Waals surface area contributed by atoms with E-state index in [2.05, 4.69) is 20.3 Å². The topological polar surface area (TPSA) is 78.4 Å². The molecule has 2 heterocycles. The molecule has 1 aromatic rings. The summed E-state index contributed by atoms with van der Waals surface area (Å²) in [5.41, 5.74) is 0. The van der Waals surface area contributed by atoms with Crippen molar-refractivity contribution in [2.75, 3.05) is 32.2 Å². The lowest BCUT2D eigenvalue weighted by Crippen LogP contribution is -2.22. The molecule has 1 N–H and O–H groups in total. The smallest absolute Gasteiger partial charge is 0.324 e. The Morgan fingerprint density at radius 3 is 2.55 bits per heavy atom. The van der Waals surface area contributed by atoms with E-state index in [4.69, 9.17) is 14.2 Å². The molecule has 0 aromatic carbocycles. The maximum Gasteiger partial charge on any atom is 0.324 e. The molecule has 0 bridgehead atoms. The van der Waals surface area contributed by atoms with Gasteiger partial charge >= 0.3 is 12.0 Å². The van der Waals surface area contributed by atoms with Gasteiger partial charge in [-0.2, -0.15) is 9.97 Å². The van der Waals surface area contributed by atoms with Crippen LogP contribution in [0.5, 0.6) is 12.0 Å². The van der Waals surface area contributed by atoms with Gasteiger partial charge in [0.15, 0.2) is 0 Å². The third kappa shape index (κ3) is 4.48. The third-order valence-corrected chi connectivity index (χ3v) is 2.95. The Balaban J connectivity index is 1.98. The number of hydrogen-bond donors (Lipinski definition) is 1. The van der Waals surface area contributed by atoms with Gasteiger partial charge < -0.3 is 19.5 Å². The van der Waals surface area contributed by atoms with Crippen LogP contribution in [0.3, 0.4) is 0 Å². The largest absolute Gasteiger partial charge is 0.463 e. The molecule has 0 spiro atoms. The number of hydrogen-bond acceptors (Lipinski definition) is 7. The molecule has 1 aromatic heterocycles. The van der Waals surface area contributed by atoms with E-state index in [-0.39, 0.29) is 12.1 Å². The fraction of sp³-hybridized carbons (Fsp3) is 0.769. The molecule has 0 aliphatic carbocycles. The Kier molecular flexibility index (Phi) is 5.34. The summed E-state index contributed by atoms with van der Waals surface area (Å²) >= 11 is 0. The van der Waals surface area contributed by atoms with E-state index in [0.29, 0.717) is 24.5 Å². The zero-order valence-electron chi connectivity index (χ0n) is 12.3. The summed E-state index contributed by atoms with van der Waals surface area (Å²) in [6, 6.07) is 0.577. The number of anilines is 1. The van der Waals surface area contributed by atoms with Crippen molar-refractivity contribution in [3.05, 3.63) is 0 Å². The van der Waals surface area contributed by atoms with Crippen molar-refractivity contribution in [1.82, 2.24) is 15.0 Å². The van der Waals surface area contributed by atoms with Crippen LogP contribution in [0, 0.1) is 5.92 Å². The second-order valence-electron chi connectivity index (χ2n) is 5.01. The number of ether oxygens (including phenoxy) is 3. The quantitative estimate of drug-likeness (QED) is 0.847. The first-order chi connectivity index (χ1) is 9.67. The van der Waals surface area contributed by atoms with E-state index in [1.54, 1.807) is 7.05 Å². The number of nitrogens with one attached hydrogen (secondary N) is 1. The monoisotopic (exact) mass is 282 g/mol. The van der Waals surface area contributed by atoms with Crippen LogP contribution in [-0.4, -0.2) is 47.9 Å². The van der Waals surface area contributed by atoms with Gasteiger partial charge in [0.2, 0.25) is 5.95 Å². The predicted molar refractivity (Wildman–Crippen MR) is 74.2 cm³/mol. The molecular weight excluding hydrogens is 260 g/mol. The Morgan fingerprint density at radius 2 is 1.90 bits per heavy atom. The van der Waals surface area contributed by atoms with Crippen molar-refractivity contribution in [1.29, 1.82) is 0 Å². The van der Waals surface area contributed by atoms with Crippen LogP contribution in [0.4, 0.5) is 5.95 Å². The van der Waals surface area contributed by atoms with Gasteiger partial charge in [-0.05, 0) is 32.6 Å². The molecule has 112 valence electrons. The molecule has 0 saturated carbocycles. The Morgan fingerprint density at radius 1 is 1.20 bits per heavy atom. The molecule has 0 radical (unpaired) electrons. The Labute approximate surface area is 119 Å². The molecule has 0 unspecified atom stereocenters. The summed E-state index contributed by atoms with van der Waals surface area (Å²) in [6.45, 7) is 6.04. The average Bonchev–Trinajstić information content (AvgIpc) is 2.45. The lowest BCUT2D eigenvalue weighted by molar-refractivity contribution is 0.0479. The van der Waals surface area contributed by atoms with Gasteiger partial charge in [0.25, 0.3) is 0 Å². The standard InChI is InChI=1S/C13H22N4O3/c1-9(2)20-13-16-11(14-3)15-12(17-13)19-8-10-4-6-18-7-5-10/h9-10H,4-8H2,1-3H3,(H,14,15,16,17). The lowest BCUT2D eigenvalue weighted by atomic mass is 10.0. The molecular formula is C13H22N4O3. The molecule has 1 aliphatic rings.